The molecule has 1 amide bonds. The molecule has 1 atom stereocenters. The van der Waals surface area contributed by atoms with E-state index in [-0.39, 0.29) is 35.9 Å². The minimum atomic E-state index is -0.459. The number of hydrogen-bond acceptors (Lipinski definition) is 7. The first-order chi connectivity index (χ1) is 19.7. The van der Waals surface area contributed by atoms with Crippen molar-refractivity contribution in [1.29, 1.82) is 0 Å². The van der Waals surface area contributed by atoms with E-state index in [4.69, 9.17) is 10.5 Å². The number of aromatic nitrogens is 3. The van der Waals surface area contributed by atoms with Gasteiger partial charge in [-0.3, -0.25) is 14.0 Å². The molecule has 0 fully saturated rings. The molecule has 0 unspecified atom stereocenters. The fourth-order valence-corrected chi connectivity index (χ4v) is 4.85. The zero-order valence-electron chi connectivity index (χ0n) is 24.7. The lowest BCUT2D eigenvalue weighted by Gasteiger charge is -2.21. The topological polar surface area (TPSA) is 129 Å². The fourth-order valence-electron chi connectivity index (χ4n) is 4.85. The molecule has 2 aromatic heterocycles. The van der Waals surface area contributed by atoms with E-state index in [2.05, 4.69) is 15.3 Å². The summed E-state index contributed by atoms with van der Waals surface area (Å²) in [5.41, 5.74) is 11.8. The molecule has 0 saturated heterocycles. The second kappa shape index (κ2) is 12.2. The number of aryl methyl sites for hydroxylation is 1. The fraction of sp³-hybridized carbons (Fsp3) is 0.344. The van der Waals surface area contributed by atoms with E-state index >= 15 is 0 Å². The van der Waals surface area contributed by atoms with E-state index in [1.807, 2.05) is 39.8 Å². The van der Waals surface area contributed by atoms with Gasteiger partial charge in [0, 0.05) is 19.5 Å². The number of carbonyl (C=O) groups is 3. The molecular formula is C32H36FN5O4. The van der Waals surface area contributed by atoms with Crippen LogP contribution in [0.15, 0.2) is 48.9 Å². The summed E-state index contributed by atoms with van der Waals surface area (Å²) in [4.78, 5) is 44.3. The minimum Gasteiger partial charge on any atom is -0.456 e. The number of imidazole rings is 1. The molecule has 1 aliphatic rings. The third-order valence-electron chi connectivity index (χ3n) is 7.01. The van der Waals surface area contributed by atoms with Crippen molar-refractivity contribution in [2.45, 2.75) is 72.6 Å². The lowest BCUT2D eigenvalue weighted by atomic mass is 9.98. The highest BCUT2D eigenvalue weighted by Gasteiger charge is 2.26. The average molecular weight is 574 g/mol. The Labute approximate surface area is 244 Å². The Morgan fingerprint density at radius 3 is 2.55 bits per heavy atom. The number of Topliss-reactive ketones (excluding diaryl/α,β-unsaturated/α-hetero) is 1. The summed E-state index contributed by atoms with van der Waals surface area (Å²) in [6, 6.07) is 10.0. The van der Waals surface area contributed by atoms with Gasteiger partial charge in [0.1, 0.15) is 23.4 Å². The maximum atomic E-state index is 13.3. The first-order valence-corrected chi connectivity index (χ1v) is 13.7. The zero-order valence-corrected chi connectivity index (χ0v) is 24.7. The van der Waals surface area contributed by atoms with Crippen LogP contribution in [0.3, 0.4) is 0 Å². The lowest BCUT2D eigenvalue weighted by molar-refractivity contribution is 0.00683. The number of nitrogens with two attached hydrogens (primary N) is 1. The van der Waals surface area contributed by atoms with Gasteiger partial charge in [-0.2, -0.15) is 0 Å². The molecule has 1 aliphatic carbocycles. The van der Waals surface area contributed by atoms with Crippen molar-refractivity contribution in [1.82, 2.24) is 19.7 Å². The minimum absolute atomic E-state index is 0.117. The van der Waals surface area contributed by atoms with Gasteiger partial charge in [0.2, 0.25) is 0 Å². The second-order valence-electron chi connectivity index (χ2n) is 11.4. The molecule has 9 nitrogen and oxygen atoms in total. The molecule has 4 aromatic rings. The van der Waals surface area contributed by atoms with Gasteiger partial charge in [-0.25, -0.2) is 19.2 Å². The monoisotopic (exact) mass is 573 g/mol. The zero-order chi connectivity index (χ0) is 30.8. The Kier molecular flexibility index (Phi) is 8.86. The van der Waals surface area contributed by atoms with Gasteiger partial charge in [0.15, 0.2) is 11.4 Å². The molecule has 2 heterocycles. The van der Waals surface area contributed by atoms with E-state index in [0.29, 0.717) is 22.5 Å². The highest BCUT2D eigenvalue weighted by molar-refractivity contribution is 5.98. The highest BCUT2D eigenvalue weighted by atomic mass is 19.1. The van der Waals surface area contributed by atoms with Crippen LogP contribution < -0.4 is 11.1 Å². The molecule has 0 saturated carbocycles. The predicted octanol–water partition coefficient (Wildman–Crippen LogP) is 5.21. The van der Waals surface area contributed by atoms with E-state index in [1.165, 1.54) is 47.1 Å². The van der Waals surface area contributed by atoms with Crippen LogP contribution >= 0.6 is 0 Å². The van der Waals surface area contributed by atoms with Gasteiger partial charge >= 0.3 is 5.97 Å². The molecule has 0 spiro atoms. The van der Waals surface area contributed by atoms with E-state index in [1.54, 1.807) is 19.1 Å². The molecule has 0 bridgehead atoms. The number of amides is 1. The number of nitrogens with zero attached hydrogens (tertiary/aromatic N) is 3. The van der Waals surface area contributed by atoms with Crippen LogP contribution in [-0.2, 0) is 17.7 Å². The standard InChI is InChI=1S/C17H15FN4O2.C15H21NO2/c1-10-5-12(3-4-13(10)18)7-20-17(24)14-6-15(11(2)23)22-9-19-8-16(22)21-14;1-9-10-7-8-13(16)12(10)6-5-11(9)14(17)18-15(2,3)4/h3-6,8-9H,7H2,1-2H3,(H,20,24);5-6,13H,7-8,16H2,1-4H3/t;13-/m.0/s1. The van der Waals surface area contributed by atoms with Gasteiger partial charge in [0.05, 0.1) is 17.5 Å². The predicted molar refractivity (Wildman–Crippen MR) is 157 cm³/mol. The Morgan fingerprint density at radius 2 is 1.88 bits per heavy atom. The molecule has 5 rings (SSSR count). The van der Waals surface area contributed by atoms with Gasteiger partial charge in [0.25, 0.3) is 5.91 Å². The van der Waals surface area contributed by atoms with E-state index < -0.39 is 11.5 Å². The lowest BCUT2D eigenvalue weighted by Crippen LogP contribution is -2.24. The summed E-state index contributed by atoms with van der Waals surface area (Å²) in [5.74, 6) is -1.14. The number of carbonyl (C=O) groups excluding carboxylic acids is 3. The molecule has 2 aromatic carbocycles. The highest BCUT2D eigenvalue weighted by Crippen LogP contribution is 2.33. The van der Waals surface area contributed by atoms with E-state index in [0.717, 1.165) is 24.0 Å². The van der Waals surface area contributed by atoms with Crippen molar-refractivity contribution in [2.75, 3.05) is 0 Å². The van der Waals surface area contributed by atoms with Crippen LogP contribution in [0.4, 0.5) is 4.39 Å². The van der Waals surface area contributed by atoms with Gasteiger partial charge in [-0.15, -0.1) is 0 Å². The number of esters is 1. The third kappa shape index (κ3) is 6.88. The largest absolute Gasteiger partial charge is 0.456 e. The number of halogens is 1. The van der Waals surface area contributed by atoms with Crippen molar-refractivity contribution in [3.05, 3.63) is 99.5 Å². The molecule has 42 heavy (non-hydrogen) atoms. The van der Waals surface area contributed by atoms with Crippen molar-refractivity contribution < 1.29 is 23.5 Å². The number of hydrogen-bond donors (Lipinski definition) is 2. The Morgan fingerprint density at radius 1 is 1.14 bits per heavy atom. The summed E-state index contributed by atoms with van der Waals surface area (Å²) >= 11 is 0. The normalized spacial score (nSPS) is 14.1. The summed E-state index contributed by atoms with van der Waals surface area (Å²) in [7, 11) is 0. The van der Waals surface area contributed by atoms with Crippen LogP contribution in [-0.4, -0.2) is 37.6 Å². The van der Waals surface area contributed by atoms with Crippen molar-refractivity contribution >= 4 is 23.3 Å². The number of rotatable bonds is 5. The summed E-state index contributed by atoms with van der Waals surface area (Å²) in [6.45, 7) is 10.9. The first kappa shape index (κ1) is 30.5. The third-order valence-corrected chi connectivity index (χ3v) is 7.01. The molecule has 3 N–H and O–H groups in total. The van der Waals surface area contributed by atoms with Crippen LogP contribution in [0, 0.1) is 19.7 Å². The maximum Gasteiger partial charge on any atom is 0.338 e. The summed E-state index contributed by atoms with van der Waals surface area (Å²) in [5, 5.41) is 2.72. The van der Waals surface area contributed by atoms with Crippen LogP contribution in [0.25, 0.3) is 5.65 Å². The SMILES string of the molecule is CC(=O)c1cc(C(=O)NCc2ccc(F)c(C)c2)nc2cncn12.Cc1c(C(=O)OC(C)(C)C)ccc2c1CC[C@@H]2N. The maximum absolute atomic E-state index is 13.3. The quantitative estimate of drug-likeness (QED) is 0.248. The number of ether oxygens (including phenoxy) is 1. The van der Waals surface area contributed by atoms with Crippen molar-refractivity contribution in [2.24, 2.45) is 5.73 Å². The first-order valence-electron chi connectivity index (χ1n) is 13.7. The van der Waals surface area contributed by atoms with Crippen LogP contribution in [0.2, 0.25) is 0 Å². The molecular weight excluding hydrogens is 537 g/mol. The van der Waals surface area contributed by atoms with E-state index in [9.17, 15) is 18.8 Å². The Hall–Kier alpha value is -4.44. The average Bonchev–Trinajstić information content (AvgIpc) is 3.55. The number of fused-ring (bicyclic) bond motifs is 2. The van der Waals surface area contributed by atoms with Gasteiger partial charge in [-0.05, 0) is 93.5 Å². The number of ketones is 1. The van der Waals surface area contributed by atoms with Crippen molar-refractivity contribution in [3.8, 4) is 0 Å². The van der Waals surface area contributed by atoms with Crippen LogP contribution in [0.1, 0.15) is 99.3 Å². The number of nitrogens with one attached hydrogen (secondary N) is 1. The number of benzene rings is 2. The smallest absolute Gasteiger partial charge is 0.338 e. The Bertz CT molecular complexity index is 1670. The Balaban J connectivity index is 0.000000201. The second-order valence-corrected chi connectivity index (χ2v) is 11.4. The molecule has 0 aliphatic heterocycles. The van der Waals surface area contributed by atoms with Crippen molar-refractivity contribution in [3.63, 3.8) is 0 Å². The summed E-state index contributed by atoms with van der Waals surface area (Å²) in [6.07, 6.45) is 4.88. The molecule has 220 valence electrons. The molecule has 0 radical (unpaired) electrons. The van der Waals surface area contributed by atoms with Gasteiger partial charge in [-0.1, -0.05) is 18.2 Å². The molecule has 10 heteroatoms. The summed E-state index contributed by atoms with van der Waals surface area (Å²) < 4.78 is 20.2. The van der Waals surface area contributed by atoms with Crippen LogP contribution in [0.5, 0.6) is 0 Å². The van der Waals surface area contributed by atoms with Gasteiger partial charge < -0.3 is 15.8 Å².